The predicted octanol–water partition coefficient (Wildman–Crippen LogP) is 2.44. The fourth-order valence-electron chi connectivity index (χ4n) is 3.46. The van der Waals surface area contributed by atoms with E-state index < -0.39 is 15.9 Å². The van der Waals surface area contributed by atoms with Gasteiger partial charge in [0.1, 0.15) is 0 Å². The molecular weight excluding hydrogens is 390 g/mol. The second-order valence-electron chi connectivity index (χ2n) is 7.33. The number of hydrogen-bond acceptors (Lipinski definition) is 4. The number of nitrogens with two attached hydrogens (primary N) is 1. The van der Waals surface area contributed by atoms with Crippen molar-refractivity contribution in [1.82, 2.24) is 4.31 Å². The third-order valence-electron chi connectivity index (χ3n) is 5.37. The van der Waals surface area contributed by atoms with Crippen molar-refractivity contribution in [2.75, 3.05) is 18.4 Å². The van der Waals surface area contributed by atoms with Crippen LogP contribution < -0.4 is 11.1 Å². The van der Waals surface area contributed by atoms with Crippen LogP contribution >= 0.6 is 0 Å². The molecule has 0 spiro atoms. The van der Waals surface area contributed by atoms with Crippen LogP contribution in [0.3, 0.4) is 0 Å². The largest absolute Gasteiger partial charge is 0.366 e. The van der Waals surface area contributed by atoms with Crippen LogP contribution in [-0.4, -0.2) is 37.6 Å². The van der Waals surface area contributed by atoms with Crippen molar-refractivity contribution >= 4 is 27.5 Å². The number of aryl methyl sites for hydroxylation is 2. The first kappa shape index (κ1) is 21.0. The molecule has 2 amide bonds. The fraction of sp³-hybridized carbons (Fsp3) is 0.333. The minimum atomic E-state index is -3.86. The van der Waals surface area contributed by atoms with E-state index in [4.69, 9.17) is 5.73 Å². The van der Waals surface area contributed by atoms with E-state index in [9.17, 15) is 18.0 Å². The third-order valence-corrected chi connectivity index (χ3v) is 7.33. The first-order valence-electron chi connectivity index (χ1n) is 9.47. The lowest BCUT2D eigenvalue weighted by molar-refractivity contribution is -0.120. The number of piperidine rings is 1. The summed E-state index contributed by atoms with van der Waals surface area (Å²) in [4.78, 5) is 24.1. The Morgan fingerprint density at radius 2 is 1.69 bits per heavy atom. The molecule has 0 bridgehead atoms. The molecule has 1 heterocycles. The van der Waals surface area contributed by atoms with Crippen LogP contribution in [0.15, 0.2) is 47.4 Å². The molecule has 3 rings (SSSR count). The molecule has 0 unspecified atom stereocenters. The normalized spacial score (nSPS) is 15.8. The van der Waals surface area contributed by atoms with Crippen molar-refractivity contribution in [3.63, 3.8) is 0 Å². The molecule has 0 radical (unpaired) electrons. The van der Waals surface area contributed by atoms with Crippen molar-refractivity contribution < 1.29 is 18.0 Å². The lowest BCUT2D eigenvalue weighted by Gasteiger charge is -2.31. The Morgan fingerprint density at radius 1 is 1.03 bits per heavy atom. The molecule has 0 aromatic heterocycles. The maximum atomic E-state index is 13.0. The van der Waals surface area contributed by atoms with Crippen LogP contribution in [0.25, 0.3) is 0 Å². The number of carbonyl (C=O) groups excluding carboxylic acids is 2. The number of hydrogen-bond donors (Lipinski definition) is 2. The lowest BCUT2D eigenvalue weighted by atomic mass is 9.97. The molecule has 8 heteroatoms. The maximum absolute atomic E-state index is 13.0. The van der Waals surface area contributed by atoms with Gasteiger partial charge in [0.15, 0.2) is 0 Å². The molecule has 1 aliphatic heterocycles. The van der Waals surface area contributed by atoms with Gasteiger partial charge in [0.05, 0.1) is 10.5 Å². The topological polar surface area (TPSA) is 110 Å². The zero-order chi connectivity index (χ0) is 21.2. The van der Waals surface area contributed by atoms with E-state index in [1.165, 1.54) is 16.4 Å². The minimum absolute atomic E-state index is 0.0258. The summed E-state index contributed by atoms with van der Waals surface area (Å²) in [5.41, 5.74) is 8.28. The van der Waals surface area contributed by atoms with Gasteiger partial charge in [-0.2, -0.15) is 4.31 Å². The first-order chi connectivity index (χ1) is 13.7. The van der Waals surface area contributed by atoms with E-state index in [-0.39, 0.29) is 35.4 Å². The van der Waals surface area contributed by atoms with Gasteiger partial charge < -0.3 is 11.1 Å². The number of amides is 2. The SMILES string of the molecule is Cc1ccc(NC(=O)C2CCN(S(=O)(=O)c3ccccc3C(N)=O)CC2)cc1C. The van der Waals surface area contributed by atoms with Crippen molar-refractivity contribution in [3.8, 4) is 0 Å². The molecule has 1 aliphatic rings. The fourth-order valence-corrected chi connectivity index (χ4v) is 5.12. The Hall–Kier alpha value is -2.71. The van der Waals surface area contributed by atoms with Crippen LogP contribution in [-0.2, 0) is 14.8 Å². The Bertz CT molecular complexity index is 1040. The van der Waals surface area contributed by atoms with Crippen molar-refractivity contribution in [2.24, 2.45) is 11.7 Å². The highest BCUT2D eigenvalue weighted by atomic mass is 32.2. The summed E-state index contributed by atoms with van der Waals surface area (Å²) in [5.74, 6) is -1.16. The molecule has 2 aromatic rings. The average molecular weight is 416 g/mol. The highest BCUT2D eigenvalue weighted by molar-refractivity contribution is 7.89. The van der Waals surface area contributed by atoms with Gasteiger partial charge in [0.2, 0.25) is 21.8 Å². The summed E-state index contributed by atoms with van der Waals surface area (Å²) in [6, 6.07) is 11.7. The van der Waals surface area contributed by atoms with Gasteiger partial charge in [0, 0.05) is 24.7 Å². The number of nitrogens with one attached hydrogen (secondary N) is 1. The van der Waals surface area contributed by atoms with Crippen LogP contribution in [0.4, 0.5) is 5.69 Å². The number of primary amides is 1. The van der Waals surface area contributed by atoms with Gasteiger partial charge in [-0.15, -0.1) is 0 Å². The highest BCUT2D eigenvalue weighted by Gasteiger charge is 2.33. The van der Waals surface area contributed by atoms with E-state index in [1.807, 2.05) is 32.0 Å². The molecule has 1 fully saturated rings. The van der Waals surface area contributed by atoms with E-state index in [0.717, 1.165) is 16.8 Å². The molecule has 1 saturated heterocycles. The van der Waals surface area contributed by atoms with Gasteiger partial charge in [-0.05, 0) is 62.1 Å². The number of anilines is 1. The molecule has 29 heavy (non-hydrogen) atoms. The number of sulfonamides is 1. The maximum Gasteiger partial charge on any atom is 0.250 e. The molecule has 7 nitrogen and oxygen atoms in total. The van der Waals surface area contributed by atoms with Crippen LogP contribution in [0.1, 0.15) is 34.3 Å². The van der Waals surface area contributed by atoms with Crippen molar-refractivity contribution in [1.29, 1.82) is 0 Å². The van der Waals surface area contributed by atoms with Gasteiger partial charge in [-0.3, -0.25) is 9.59 Å². The Kier molecular flexibility index (Phi) is 6.04. The zero-order valence-corrected chi connectivity index (χ0v) is 17.3. The standard InChI is InChI=1S/C21H25N3O4S/c1-14-7-8-17(13-15(14)2)23-21(26)16-9-11-24(12-10-16)29(27,28)19-6-4-3-5-18(19)20(22)25/h3-8,13,16H,9-12H2,1-2H3,(H2,22,25)(H,23,26). The van der Waals surface area contributed by atoms with Gasteiger partial charge in [0.25, 0.3) is 0 Å². The molecular formula is C21H25N3O4S. The van der Waals surface area contributed by atoms with Gasteiger partial charge in [-0.1, -0.05) is 18.2 Å². The number of rotatable bonds is 5. The summed E-state index contributed by atoms with van der Waals surface area (Å²) in [7, 11) is -3.86. The Labute approximate surface area is 171 Å². The van der Waals surface area contributed by atoms with Crippen LogP contribution in [0.2, 0.25) is 0 Å². The van der Waals surface area contributed by atoms with Crippen molar-refractivity contribution in [2.45, 2.75) is 31.6 Å². The molecule has 2 aromatic carbocycles. The van der Waals surface area contributed by atoms with Gasteiger partial charge in [-0.25, -0.2) is 8.42 Å². The quantitative estimate of drug-likeness (QED) is 0.781. The summed E-state index contributed by atoms with van der Waals surface area (Å²) in [6.45, 7) is 4.41. The Morgan fingerprint density at radius 3 is 2.31 bits per heavy atom. The first-order valence-corrected chi connectivity index (χ1v) is 10.9. The smallest absolute Gasteiger partial charge is 0.250 e. The zero-order valence-electron chi connectivity index (χ0n) is 16.5. The summed E-state index contributed by atoms with van der Waals surface area (Å²) >= 11 is 0. The number of carbonyl (C=O) groups is 2. The Balaban J connectivity index is 1.67. The van der Waals surface area contributed by atoms with E-state index >= 15 is 0 Å². The molecule has 154 valence electrons. The van der Waals surface area contributed by atoms with Crippen molar-refractivity contribution in [3.05, 3.63) is 59.2 Å². The summed E-state index contributed by atoms with van der Waals surface area (Å²) < 4.78 is 27.2. The second-order valence-corrected chi connectivity index (χ2v) is 9.23. The van der Waals surface area contributed by atoms with E-state index in [0.29, 0.717) is 12.8 Å². The molecule has 0 saturated carbocycles. The monoisotopic (exact) mass is 415 g/mol. The van der Waals surface area contributed by atoms with Gasteiger partial charge >= 0.3 is 0 Å². The average Bonchev–Trinajstić information content (AvgIpc) is 2.70. The minimum Gasteiger partial charge on any atom is -0.366 e. The summed E-state index contributed by atoms with van der Waals surface area (Å²) in [6.07, 6.45) is 0.823. The molecule has 0 aliphatic carbocycles. The molecule has 3 N–H and O–H groups in total. The third kappa shape index (κ3) is 4.49. The van der Waals surface area contributed by atoms with E-state index in [2.05, 4.69) is 5.32 Å². The molecule has 0 atom stereocenters. The van der Waals surface area contributed by atoms with Crippen LogP contribution in [0.5, 0.6) is 0 Å². The van der Waals surface area contributed by atoms with E-state index in [1.54, 1.807) is 12.1 Å². The second kappa shape index (κ2) is 8.34. The van der Waals surface area contributed by atoms with Crippen LogP contribution in [0, 0.1) is 19.8 Å². The predicted molar refractivity (Wildman–Crippen MR) is 111 cm³/mol. The summed E-state index contributed by atoms with van der Waals surface area (Å²) in [5, 5.41) is 2.92. The lowest BCUT2D eigenvalue weighted by Crippen LogP contribution is -2.41. The highest BCUT2D eigenvalue weighted by Crippen LogP contribution is 2.27. The number of benzene rings is 2. The number of nitrogens with zero attached hydrogens (tertiary/aromatic N) is 1.